The molecular weight excluding hydrogens is 429 g/mol. The summed E-state index contributed by atoms with van der Waals surface area (Å²) in [5.74, 6) is 2.36. The average molecular weight is 465 g/mol. The fourth-order valence-corrected chi connectivity index (χ4v) is 2.07. The Labute approximate surface area is 170 Å². The van der Waals surface area contributed by atoms with Crippen LogP contribution >= 0.6 is 24.0 Å². The standard InChI is InChI=1S/C18H35N5O.HI/c1-14(2)23(7)11-9-8-10-20-17(19-6)22-13-16-21-12-15(24-16)18(3,4)5;/h12,14H,8-11,13H2,1-7H3,(H2,19,20,22);1H. The maximum absolute atomic E-state index is 5.77. The summed E-state index contributed by atoms with van der Waals surface area (Å²) >= 11 is 0. The van der Waals surface area contributed by atoms with Gasteiger partial charge in [-0.2, -0.15) is 0 Å². The number of hydrogen-bond acceptors (Lipinski definition) is 4. The van der Waals surface area contributed by atoms with Crippen molar-refractivity contribution in [1.29, 1.82) is 0 Å². The fraction of sp³-hybridized carbons (Fsp3) is 0.778. The van der Waals surface area contributed by atoms with Gasteiger partial charge in [-0.15, -0.1) is 24.0 Å². The van der Waals surface area contributed by atoms with E-state index >= 15 is 0 Å². The van der Waals surface area contributed by atoms with Gasteiger partial charge < -0.3 is 20.0 Å². The zero-order valence-corrected chi connectivity index (χ0v) is 19.2. The quantitative estimate of drug-likeness (QED) is 0.267. The molecule has 7 heteroatoms. The van der Waals surface area contributed by atoms with E-state index in [-0.39, 0.29) is 29.4 Å². The summed E-state index contributed by atoms with van der Waals surface area (Å²) in [4.78, 5) is 10.9. The van der Waals surface area contributed by atoms with Gasteiger partial charge in [0.1, 0.15) is 5.76 Å². The summed E-state index contributed by atoms with van der Waals surface area (Å²) in [5, 5.41) is 6.57. The molecule has 0 bridgehead atoms. The molecule has 0 aliphatic heterocycles. The number of nitrogens with one attached hydrogen (secondary N) is 2. The lowest BCUT2D eigenvalue weighted by molar-refractivity contribution is 0.268. The van der Waals surface area contributed by atoms with E-state index in [0.29, 0.717) is 18.5 Å². The molecule has 6 nitrogen and oxygen atoms in total. The first-order chi connectivity index (χ1) is 11.2. The summed E-state index contributed by atoms with van der Waals surface area (Å²) in [7, 11) is 3.94. The third-order valence-corrected chi connectivity index (χ3v) is 4.04. The Morgan fingerprint density at radius 2 is 1.96 bits per heavy atom. The van der Waals surface area contributed by atoms with Crippen LogP contribution in [0.3, 0.4) is 0 Å². The average Bonchev–Trinajstić information content (AvgIpc) is 2.98. The highest BCUT2D eigenvalue weighted by Gasteiger charge is 2.19. The smallest absolute Gasteiger partial charge is 0.213 e. The maximum Gasteiger partial charge on any atom is 0.213 e. The van der Waals surface area contributed by atoms with Crippen molar-refractivity contribution < 1.29 is 4.42 Å². The van der Waals surface area contributed by atoms with Crippen molar-refractivity contribution in [2.45, 2.75) is 65.5 Å². The Kier molecular flexibility index (Phi) is 11.3. The van der Waals surface area contributed by atoms with Gasteiger partial charge in [-0.05, 0) is 40.3 Å². The molecule has 2 N–H and O–H groups in total. The first-order valence-electron chi connectivity index (χ1n) is 8.84. The number of aromatic nitrogens is 1. The number of hydrogen-bond donors (Lipinski definition) is 2. The Morgan fingerprint density at radius 3 is 2.48 bits per heavy atom. The monoisotopic (exact) mass is 465 g/mol. The largest absolute Gasteiger partial charge is 0.443 e. The minimum atomic E-state index is -0.0195. The third kappa shape index (κ3) is 9.44. The molecular formula is C18H36IN5O. The van der Waals surface area contributed by atoms with Gasteiger partial charge in [-0.3, -0.25) is 4.99 Å². The van der Waals surface area contributed by atoms with E-state index in [2.05, 4.69) is 67.2 Å². The van der Waals surface area contributed by atoms with E-state index in [9.17, 15) is 0 Å². The fourth-order valence-electron chi connectivity index (χ4n) is 2.07. The number of nitrogens with zero attached hydrogens (tertiary/aromatic N) is 3. The van der Waals surface area contributed by atoms with Gasteiger partial charge in [0.25, 0.3) is 0 Å². The number of halogens is 1. The molecule has 1 aromatic heterocycles. The van der Waals surface area contributed by atoms with Crippen LogP contribution in [0.4, 0.5) is 0 Å². The Hall–Kier alpha value is -0.830. The molecule has 25 heavy (non-hydrogen) atoms. The molecule has 0 saturated heterocycles. The number of unbranched alkanes of at least 4 members (excludes halogenated alkanes) is 1. The lowest BCUT2D eigenvalue weighted by atomic mass is 9.94. The Balaban J connectivity index is 0.00000576. The summed E-state index contributed by atoms with van der Waals surface area (Å²) in [6.07, 6.45) is 4.09. The first-order valence-corrected chi connectivity index (χ1v) is 8.84. The first kappa shape index (κ1) is 24.2. The number of oxazole rings is 1. The highest BCUT2D eigenvalue weighted by molar-refractivity contribution is 14.0. The van der Waals surface area contributed by atoms with E-state index in [1.165, 1.54) is 6.42 Å². The molecule has 0 atom stereocenters. The molecule has 0 unspecified atom stereocenters. The molecule has 0 amide bonds. The predicted octanol–water partition coefficient (Wildman–Crippen LogP) is 3.38. The summed E-state index contributed by atoms with van der Waals surface area (Å²) in [6.45, 7) is 13.3. The highest BCUT2D eigenvalue weighted by atomic mass is 127. The molecule has 1 heterocycles. The second kappa shape index (κ2) is 11.7. The third-order valence-electron chi connectivity index (χ3n) is 4.04. The van der Waals surface area contributed by atoms with Crippen LogP contribution in [0, 0.1) is 0 Å². The topological polar surface area (TPSA) is 65.7 Å². The highest BCUT2D eigenvalue weighted by Crippen LogP contribution is 2.22. The summed E-state index contributed by atoms with van der Waals surface area (Å²) < 4.78 is 5.77. The predicted molar refractivity (Wildman–Crippen MR) is 116 cm³/mol. The van der Waals surface area contributed by atoms with Gasteiger partial charge in [-0.1, -0.05) is 20.8 Å². The Bertz CT molecular complexity index is 508. The van der Waals surface area contributed by atoms with Gasteiger partial charge in [0.2, 0.25) is 5.89 Å². The molecule has 0 radical (unpaired) electrons. The van der Waals surface area contributed by atoms with Crippen molar-refractivity contribution in [3.05, 3.63) is 17.8 Å². The van der Waals surface area contributed by atoms with Crippen LogP contribution in [0.1, 0.15) is 59.1 Å². The molecule has 0 aliphatic rings. The minimum Gasteiger partial charge on any atom is -0.443 e. The molecule has 1 aromatic rings. The maximum atomic E-state index is 5.77. The molecule has 1 rings (SSSR count). The van der Waals surface area contributed by atoms with Crippen LogP contribution in [0.5, 0.6) is 0 Å². The van der Waals surface area contributed by atoms with Crippen molar-refractivity contribution >= 4 is 29.9 Å². The van der Waals surface area contributed by atoms with Crippen molar-refractivity contribution in [3.8, 4) is 0 Å². The molecule has 0 aromatic carbocycles. The molecule has 146 valence electrons. The van der Waals surface area contributed by atoms with Crippen LogP contribution < -0.4 is 10.6 Å². The van der Waals surface area contributed by atoms with Gasteiger partial charge >= 0.3 is 0 Å². The van der Waals surface area contributed by atoms with Crippen LogP contribution in [0.2, 0.25) is 0 Å². The lowest BCUT2D eigenvalue weighted by Crippen LogP contribution is -2.37. The van der Waals surface area contributed by atoms with Gasteiger partial charge in [0.05, 0.1) is 12.7 Å². The van der Waals surface area contributed by atoms with E-state index in [4.69, 9.17) is 4.42 Å². The number of rotatable bonds is 8. The van der Waals surface area contributed by atoms with Crippen molar-refractivity contribution in [3.63, 3.8) is 0 Å². The van der Waals surface area contributed by atoms with E-state index < -0.39 is 0 Å². The lowest BCUT2D eigenvalue weighted by Gasteiger charge is -2.20. The summed E-state index contributed by atoms with van der Waals surface area (Å²) in [6, 6.07) is 0.603. The van der Waals surface area contributed by atoms with Gasteiger partial charge in [0.15, 0.2) is 5.96 Å². The summed E-state index contributed by atoms with van der Waals surface area (Å²) in [5.41, 5.74) is -0.0195. The SMILES string of the molecule is CN=C(NCCCCN(C)C(C)C)NCc1ncc(C(C)(C)C)o1.I. The molecule has 0 saturated carbocycles. The molecule has 0 spiro atoms. The minimum absolute atomic E-state index is 0. The van der Waals surface area contributed by atoms with E-state index in [1.807, 2.05) is 0 Å². The number of aliphatic imine (C=N–C) groups is 1. The Morgan fingerprint density at radius 1 is 1.28 bits per heavy atom. The van der Waals surface area contributed by atoms with Crippen molar-refractivity contribution in [1.82, 2.24) is 20.5 Å². The van der Waals surface area contributed by atoms with Gasteiger partial charge in [-0.25, -0.2) is 4.98 Å². The van der Waals surface area contributed by atoms with Crippen LogP contribution in [-0.4, -0.2) is 49.1 Å². The van der Waals surface area contributed by atoms with Crippen molar-refractivity contribution in [2.24, 2.45) is 4.99 Å². The second-order valence-electron chi connectivity index (χ2n) is 7.50. The van der Waals surface area contributed by atoms with E-state index in [0.717, 1.165) is 31.2 Å². The number of guanidine groups is 1. The van der Waals surface area contributed by atoms with Crippen LogP contribution in [-0.2, 0) is 12.0 Å². The second-order valence-corrected chi connectivity index (χ2v) is 7.50. The normalized spacial score (nSPS) is 12.4. The van der Waals surface area contributed by atoms with Gasteiger partial charge in [0, 0.05) is 25.0 Å². The van der Waals surface area contributed by atoms with Crippen molar-refractivity contribution in [2.75, 3.05) is 27.2 Å². The zero-order valence-electron chi connectivity index (χ0n) is 16.8. The zero-order chi connectivity index (χ0) is 18.2. The van der Waals surface area contributed by atoms with E-state index in [1.54, 1.807) is 13.2 Å². The van der Waals surface area contributed by atoms with Crippen LogP contribution in [0.25, 0.3) is 0 Å². The molecule has 0 aliphatic carbocycles. The van der Waals surface area contributed by atoms with Crippen LogP contribution in [0.15, 0.2) is 15.6 Å². The molecule has 0 fully saturated rings.